The number of hydrogen-bond donors (Lipinski definition) is 1. The maximum Gasteiger partial charge on any atom is 0.209 e. The Morgan fingerprint density at radius 2 is 2.00 bits per heavy atom. The molecule has 4 nitrogen and oxygen atoms in total. The normalized spacial score (nSPS) is 15.7. The first-order valence-corrected chi connectivity index (χ1v) is 6.93. The van der Waals surface area contributed by atoms with Crippen LogP contribution in [0.1, 0.15) is 11.1 Å². The fraction of sp³-hybridized carbons (Fsp3) is 0.533. The van der Waals surface area contributed by atoms with Crippen molar-refractivity contribution in [3.8, 4) is 0 Å². The summed E-state index contributed by atoms with van der Waals surface area (Å²) in [6.45, 7) is 6.62. The van der Waals surface area contributed by atoms with Crippen molar-refractivity contribution < 1.29 is 4.79 Å². The summed E-state index contributed by atoms with van der Waals surface area (Å²) < 4.78 is 0. The lowest BCUT2D eigenvalue weighted by molar-refractivity contribution is -0.118. The zero-order chi connectivity index (χ0) is 13.7. The van der Waals surface area contributed by atoms with Gasteiger partial charge in [0.2, 0.25) is 6.41 Å². The summed E-state index contributed by atoms with van der Waals surface area (Å²) >= 11 is 0. The second kappa shape index (κ2) is 6.57. The summed E-state index contributed by atoms with van der Waals surface area (Å²) in [5.41, 5.74) is 4.03. The van der Waals surface area contributed by atoms with E-state index in [4.69, 9.17) is 0 Å². The number of carbonyl (C=O) groups is 1. The molecule has 1 aliphatic rings. The van der Waals surface area contributed by atoms with Crippen LogP contribution in [0.4, 0.5) is 5.69 Å². The van der Waals surface area contributed by atoms with Crippen LogP contribution in [0.15, 0.2) is 18.2 Å². The van der Waals surface area contributed by atoms with E-state index in [0.29, 0.717) is 0 Å². The number of carbonyl (C=O) groups excluding carboxylic acids is 1. The molecule has 2 rings (SSSR count). The first-order chi connectivity index (χ1) is 9.24. The van der Waals surface area contributed by atoms with Gasteiger partial charge in [-0.3, -0.25) is 4.79 Å². The molecule has 0 unspecified atom stereocenters. The van der Waals surface area contributed by atoms with E-state index in [-0.39, 0.29) is 0 Å². The number of aryl methyl sites for hydroxylation is 1. The van der Waals surface area contributed by atoms with Crippen molar-refractivity contribution in [3.63, 3.8) is 0 Å². The van der Waals surface area contributed by atoms with E-state index in [9.17, 15) is 4.79 Å². The molecule has 1 fully saturated rings. The van der Waals surface area contributed by atoms with E-state index in [2.05, 4.69) is 35.3 Å². The predicted octanol–water partition coefficient (Wildman–Crippen LogP) is 1.04. The third-order valence-electron chi connectivity index (χ3n) is 3.68. The molecule has 1 saturated heterocycles. The molecule has 1 aromatic rings. The van der Waals surface area contributed by atoms with Crippen LogP contribution in [-0.4, -0.2) is 51.1 Å². The van der Waals surface area contributed by atoms with Gasteiger partial charge in [0.05, 0.1) is 0 Å². The van der Waals surface area contributed by atoms with Crippen molar-refractivity contribution in [2.45, 2.75) is 13.3 Å². The first kappa shape index (κ1) is 13.9. The Hall–Kier alpha value is -1.55. The molecule has 0 aliphatic carbocycles. The molecule has 1 aromatic carbocycles. The number of piperazine rings is 1. The van der Waals surface area contributed by atoms with Crippen molar-refractivity contribution in [2.24, 2.45) is 0 Å². The average molecular weight is 261 g/mol. The van der Waals surface area contributed by atoms with Gasteiger partial charge in [0, 0.05) is 31.9 Å². The van der Waals surface area contributed by atoms with Gasteiger partial charge in [0.25, 0.3) is 0 Å². The van der Waals surface area contributed by atoms with E-state index in [1.807, 2.05) is 11.9 Å². The second-order valence-corrected chi connectivity index (χ2v) is 5.11. The Bertz CT molecular complexity index is 425. The Labute approximate surface area is 115 Å². The third kappa shape index (κ3) is 3.47. The lowest BCUT2D eigenvalue weighted by Crippen LogP contribution is -2.46. The third-order valence-corrected chi connectivity index (χ3v) is 3.68. The summed E-state index contributed by atoms with van der Waals surface area (Å²) in [4.78, 5) is 15.0. The number of hydrogen-bond acceptors (Lipinski definition) is 3. The zero-order valence-corrected chi connectivity index (χ0v) is 11.9. The van der Waals surface area contributed by atoms with E-state index in [0.717, 1.165) is 45.6 Å². The number of rotatable bonds is 5. The maximum absolute atomic E-state index is 10.8. The molecule has 0 radical (unpaired) electrons. The van der Waals surface area contributed by atoms with Crippen LogP contribution >= 0.6 is 0 Å². The molecule has 1 amide bonds. The number of anilines is 1. The molecule has 1 N–H and O–H groups in total. The molecule has 0 aromatic heterocycles. The van der Waals surface area contributed by atoms with Crippen LogP contribution in [-0.2, 0) is 11.2 Å². The first-order valence-electron chi connectivity index (χ1n) is 6.93. The minimum absolute atomic E-state index is 0.822. The monoisotopic (exact) mass is 261 g/mol. The molecule has 0 atom stereocenters. The molecule has 4 heteroatoms. The zero-order valence-electron chi connectivity index (χ0n) is 11.9. The maximum atomic E-state index is 10.8. The summed E-state index contributed by atoms with van der Waals surface area (Å²) in [5, 5.41) is 3.21. The molecular weight excluding hydrogens is 238 g/mol. The summed E-state index contributed by atoms with van der Waals surface area (Å²) in [5.74, 6) is 0. The second-order valence-electron chi connectivity index (χ2n) is 5.11. The minimum Gasteiger partial charge on any atom is -0.368 e. The Morgan fingerprint density at radius 1 is 1.26 bits per heavy atom. The van der Waals surface area contributed by atoms with Crippen LogP contribution in [0.3, 0.4) is 0 Å². The van der Waals surface area contributed by atoms with Gasteiger partial charge in [-0.1, -0.05) is 17.7 Å². The lowest BCUT2D eigenvalue weighted by atomic mass is 10.0. The van der Waals surface area contributed by atoms with Gasteiger partial charge >= 0.3 is 0 Å². The number of amides is 1. The van der Waals surface area contributed by atoms with E-state index >= 15 is 0 Å². The highest BCUT2D eigenvalue weighted by Crippen LogP contribution is 2.23. The molecule has 0 saturated carbocycles. The highest BCUT2D eigenvalue weighted by atomic mass is 16.1. The number of benzene rings is 1. The fourth-order valence-electron chi connectivity index (χ4n) is 2.55. The SMILES string of the molecule is CNCCc1cc(C)ccc1N1CCN(C=O)CC1. The van der Waals surface area contributed by atoms with Crippen LogP contribution in [0.2, 0.25) is 0 Å². The topological polar surface area (TPSA) is 35.6 Å². The van der Waals surface area contributed by atoms with E-state index in [1.54, 1.807) is 0 Å². The molecule has 0 bridgehead atoms. The summed E-state index contributed by atoms with van der Waals surface area (Å²) in [7, 11) is 1.98. The van der Waals surface area contributed by atoms with Gasteiger partial charge in [-0.15, -0.1) is 0 Å². The minimum atomic E-state index is 0.822. The average Bonchev–Trinajstić information content (AvgIpc) is 2.45. The van der Waals surface area contributed by atoms with Crippen LogP contribution < -0.4 is 10.2 Å². The van der Waals surface area contributed by atoms with Crippen molar-refractivity contribution in [3.05, 3.63) is 29.3 Å². The van der Waals surface area contributed by atoms with Crippen LogP contribution in [0, 0.1) is 6.92 Å². The lowest BCUT2D eigenvalue weighted by Gasteiger charge is -2.35. The van der Waals surface area contributed by atoms with Gasteiger partial charge in [0.1, 0.15) is 0 Å². The fourth-order valence-corrected chi connectivity index (χ4v) is 2.55. The molecular formula is C15H23N3O. The van der Waals surface area contributed by atoms with Crippen molar-refractivity contribution in [2.75, 3.05) is 44.7 Å². The van der Waals surface area contributed by atoms with Gasteiger partial charge in [-0.2, -0.15) is 0 Å². The van der Waals surface area contributed by atoms with E-state index in [1.165, 1.54) is 16.8 Å². The quantitative estimate of drug-likeness (QED) is 0.804. The van der Waals surface area contributed by atoms with Crippen molar-refractivity contribution in [1.29, 1.82) is 0 Å². The molecule has 104 valence electrons. The van der Waals surface area contributed by atoms with Crippen molar-refractivity contribution in [1.82, 2.24) is 10.2 Å². The van der Waals surface area contributed by atoms with Gasteiger partial charge in [-0.05, 0) is 38.6 Å². The van der Waals surface area contributed by atoms with Crippen molar-refractivity contribution >= 4 is 12.1 Å². The molecule has 0 spiro atoms. The van der Waals surface area contributed by atoms with Crippen LogP contribution in [0.25, 0.3) is 0 Å². The Morgan fingerprint density at radius 3 is 2.63 bits per heavy atom. The number of nitrogens with one attached hydrogen (secondary N) is 1. The number of nitrogens with zero attached hydrogens (tertiary/aromatic N) is 2. The highest BCUT2D eigenvalue weighted by Gasteiger charge is 2.17. The standard InChI is InChI=1S/C15H23N3O/c1-13-3-4-15(14(11-13)5-6-16-2)18-9-7-17(12-19)8-10-18/h3-4,11-12,16H,5-10H2,1-2H3. The van der Waals surface area contributed by atoms with Gasteiger partial charge in [0.15, 0.2) is 0 Å². The molecule has 19 heavy (non-hydrogen) atoms. The smallest absolute Gasteiger partial charge is 0.209 e. The summed E-state index contributed by atoms with van der Waals surface area (Å²) in [6, 6.07) is 6.67. The molecule has 1 heterocycles. The Balaban J connectivity index is 2.12. The van der Waals surface area contributed by atoms with E-state index < -0.39 is 0 Å². The Kier molecular flexibility index (Phi) is 4.80. The van der Waals surface area contributed by atoms with Crippen LogP contribution in [0.5, 0.6) is 0 Å². The van der Waals surface area contributed by atoms with Gasteiger partial charge in [-0.25, -0.2) is 0 Å². The molecule has 1 aliphatic heterocycles. The summed E-state index contributed by atoms with van der Waals surface area (Å²) in [6.07, 6.45) is 2.00. The highest BCUT2D eigenvalue weighted by molar-refractivity contribution is 5.56. The van der Waals surface area contributed by atoms with Gasteiger partial charge < -0.3 is 15.1 Å². The largest absolute Gasteiger partial charge is 0.368 e. The number of likely N-dealkylation sites (N-methyl/N-ethyl adjacent to an activating group) is 1. The predicted molar refractivity (Wildman–Crippen MR) is 78.7 cm³/mol.